The molecule has 3 rings (SSSR count). The summed E-state index contributed by atoms with van der Waals surface area (Å²) in [6.07, 6.45) is 11.4. The second kappa shape index (κ2) is 11.0. The van der Waals surface area contributed by atoms with Crippen molar-refractivity contribution in [3.8, 4) is 0 Å². The number of benzene rings is 1. The minimum atomic E-state index is -0.348. The van der Waals surface area contributed by atoms with E-state index in [1.807, 2.05) is 19.1 Å². The maximum Gasteiger partial charge on any atom is 0.173 e. The number of likely N-dealkylation sites (tertiary alicyclic amines) is 1. The molecule has 0 aliphatic carbocycles. The van der Waals surface area contributed by atoms with Crippen molar-refractivity contribution in [2.75, 3.05) is 13.1 Å². The van der Waals surface area contributed by atoms with Crippen molar-refractivity contribution in [1.82, 2.24) is 9.88 Å². The van der Waals surface area contributed by atoms with Crippen LogP contribution in [0.1, 0.15) is 37.3 Å². The van der Waals surface area contributed by atoms with E-state index >= 15 is 0 Å². The lowest BCUT2D eigenvalue weighted by atomic mass is 10.0. The minimum Gasteiger partial charge on any atom is -0.504 e. The number of aromatic nitrogens is 1. The van der Waals surface area contributed by atoms with Crippen molar-refractivity contribution in [2.45, 2.75) is 26.2 Å². The van der Waals surface area contributed by atoms with Crippen LogP contribution in [-0.2, 0) is 0 Å². The van der Waals surface area contributed by atoms with Crippen LogP contribution in [0.25, 0.3) is 5.57 Å². The second-order valence-electron chi connectivity index (χ2n) is 7.14. The predicted octanol–water partition coefficient (Wildman–Crippen LogP) is 5.54. The summed E-state index contributed by atoms with van der Waals surface area (Å²) in [6, 6.07) is 9.89. The van der Waals surface area contributed by atoms with Gasteiger partial charge in [0.15, 0.2) is 17.4 Å². The zero-order valence-corrected chi connectivity index (χ0v) is 17.7. The van der Waals surface area contributed by atoms with Crippen LogP contribution >= 0.6 is 0 Å². The molecule has 1 aromatic heterocycles. The highest BCUT2D eigenvalue weighted by Gasteiger charge is 2.18. The van der Waals surface area contributed by atoms with E-state index in [1.54, 1.807) is 42.9 Å². The molecule has 31 heavy (non-hydrogen) atoms. The standard InChI is InChI=1S/C25H27FN4O/c1-3-19(20-10-8-12-22(26)16-20)17-23(31)25(30-14-6-5-7-15-30)29-24(28-4-2)21-11-9-13-27-18-21/h3-4,8-13,16-18,31H,1,5-7,14-15H2,2H3/b19-17+,25-23+,28-4?,29-24-. The molecule has 0 unspecified atom stereocenters. The summed E-state index contributed by atoms with van der Waals surface area (Å²) in [7, 11) is 0. The van der Waals surface area contributed by atoms with Gasteiger partial charge in [0.05, 0.1) is 0 Å². The summed E-state index contributed by atoms with van der Waals surface area (Å²) in [6.45, 7) is 7.22. The molecule has 0 atom stereocenters. The van der Waals surface area contributed by atoms with Crippen LogP contribution in [0.15, 0.2) is 89.1 Å². The summed E-state index contributed by atoms with van der Waals surface area (Å²) in [5.74, 6) is 0.523. The smallest absolute Gasteiger partial charge is 0.173 e. The van der Waals surface area contributed by atoms with Gasteiger partial charge in [-0.15, -0.1) is 0 Å². The first-order valence-corrected chi connectivity index (χ1v) is 10.4. The molecule has 6 heteroatoms. The zero-order chi connectivity index (χ0) is 22.1. The van der Waals surface area contributed by atoms with Crippen LogP contribution < -0.4 is 0 Å². The highest BCUT2D eigenvalue weighted by atomic mass is 19.1. The Labute approximate surface area is 182 Å². The number of halogens is 1. The van der Waals surface area contributed by atoms with Gasteiger partial charge < -0.3 is 10.0 Å². The van der Waals surface area contributed by atoms with Gasteiger partial charge in [-0.1, -0.05) is 24.8 Å². The molecule has 2 aromatic rings. The van der Waals surface area contributed by atoms with Crippen LogP contribution in [0.2, 0.25) is 0 Å². The number of aliphatic hydroxyl groups excluding tert-OH is 1. The first-order chi connectivity index (χ1) is 15.1. The number of piperidine rings is 1. The third-order valence-corrected chi connectivity index (χ3v) is 4.94. The number of hydrogen-bond acceptors (Lipinski definition) is 4. The maximum atomic E-state index is 13.7. The Morgan fingerprint density at radius 3 is 2.58 bits per heavy atom. The average Bonchev–Trinajstić information content (AvgIpc) is 2.81. The highest BCUT2D eigenvalue weighted by molar-refractivity contribution is 6.03. The number of aliphatic imine (C=N–C) groups is 2. The number of hydrogen-bond donors (Lipinski definition) is 1. The van der Waals surface area contributed by atoms with Crippen LogP contribution in [0.3, 0.4) is 0 Å². The van der Waals surface area contributed by atoms with E-state index in [0.717, 1.165) is 37.9 Å². The Morgan fingerprint density at radius 2 is 1.94 bits per heavy atom. The van der Waals surface area contributed by atoms with Gasteiger partial charge in [0.2, 0.25) is 0 Å². The Bertz CT molecular complexity index is 1020. The van der Waals surface area contributed by atoms with E-state index in [9.17, 15) is 9.50 Å². The molecule has 1 aromatic carbocycles. The third kappa shape index (κ3) is 5.98. The molecule has 5 nitrogen and oxygen atoms in total. The molecule has 1 N–H and O–H groups in total. The summed E-state index contributed by atoms with van der Waals surface area (Å²) < 4.78 is 13.7. The molecule has 0 radical (unpaired) electrons. The lowest BCUT2D eigenvalue weighted by Crippen LogP contribution is -2.29. The first kappa shape index (κ1) is 22.2. The SMILES string of the molecule is C=C\C(=C/C(O)=C(/N=C(\N=CC)c1cccnc1)N1CCCCC1)c1cccc(F)c1. The van der Waals surface area contributed by atoms with E-state index in [4.69, 9.17) is 4.99 Å². The van der Waals surface area contributed by atoms with Gasteiger partial charge in [-0.3, -0.25) is 4.98 Å². The van der Waals surface area contributed by atoms with Crippen LogP contribution in [0.5, 0.6) is 0 Å². The molecular weight excluding hydrogens is 391 g/mol. The van der Waals surface area contributed by atoms with Crippen molar-refractivity contribution < 1.29 is 9.50 Å². The number of pyridine rings is 1. The quantitative estimate of drug-likeness (QED) is 0.290. The Balaban J connectivity index is 2.12. The fourth-order valence-corrected chi connectivity index (χ4v) is 3.42. The van der Waals surface area contributed by atoms with E-state index in [2.05, 4.69) is 21.5 Å². The second-order valence-corrected chi connectivity index (χ2v) is 7.14. The summed E-state index contributed by atoms with van der Waals surface area (Å²) in [5, 5.41) is 11.1. The molecule has 2 heterocycles. The molecule has 0 amide bonds. The van der Waals surface area contributed by atoms with Gasteiger partial charge >= 0.3 is 0 Å². The number of amidine groups is 1. The van der Waals surface area contributed by atoms with E-state index in [-0.39, 0.29) is 11.6 Å². The molecule has 0 bridgehead atoms. The lowest BCUT2D eigenvalue weighted by Gasteiger charge is -2.29. The molecule has 0 saturated carbocycles. The third-order valence-electron chi connectivity index (χ3n) is 4.94. The van der Waals surface area contributed by atoms with Crippen LogP contribution in [0, 0.1) is 5.82 Å². The summed E-state index contributed by atoms with van der Waals surface area (Å²) >= 11 is 0. The van der Waals surface area contributed by atoms with Crippen molar-refractivity contribution in [2.24, 2.45) is 9.98 Å². The number of allylic oxidation sites excluding steroid dienone is 3. The van der Waals surface area contributed by atoms with E-state index < -0.39 is 0 Å². The van der Waals surface area contributed by atoms with Crippen LogP contribution in [0.4, 0.5) is 4.39 Å². The predicted molar refractivity (Wildman–Crippen MR) is 125 cm³/mol. The van der Waals surface area contributed by atoms with Gasteiger partial charge in [-0.2, -0.15) is 0 Å². The fraction of sp³-hybridized carbons (Fsp3) is 0.240. The molecule has 1 aliphatic heterocycles. The maximum absolute atomic E-state index is 13.7. The van der Waals surface area contributed by atoms with E-state index in [0.29, 0.717) is 22.8 Å². The number of nitrogens with zero attached hydrogens (tertiary/aromatic N) is 4. The van der Waals surface area contributed by atoms with Crippen molar-refractivity contribution in [1.29, 1.82) is 0 Å². The van der Waals surface area contributed by atoms with Crippen molar-refractivity contribution in [3.05, 3.63) is 96.0 Å². The lowest BCUT2D eigenvalue weighted by molar-refractivity contribution is 0.264. The Kier molecular flexibility index (Phi) is 7.87. The normalized spacial score (nSPS) is 16.4. The molecule has 0 spiro atoms. The van der Waals surface area contributed by atoms with Crippen LogP contribution in [-0.4, -0.2) is 40.1 Å². The van der Waals surface area contributed by atoms with Crippen molar-refractivity contribution >= 4 is 17.6 Å². The minimum absolute atomic E-state index is 0.0197. The monoisotopic (exact) mass is 418 g/mol. The zero-order valence-electron chi connectivity index (χ0n) is 17.7. The Hall–Kier alpha value is -3.54. The van der Waals surface area contributed by atoms with Crippen molar-refractivity contribution in [3.63, 3.8) is 0 Å². The molecule has 160 valence electrons. The topological polar surface area (TPSA) is 61.1 Å². The van der Waals surface area contributed by atoms with Gasteiger partial charge in [0.1, 0.15) is 5.82 Å². The highest BCUT2D eigenvalue weighted by Crippen LogP contribution is 2.24. The largest absolute Gasteiger partial charge is 0.504 e. The first-order valence-electron chi connectivity index (χ1n) is 10.4. The van der Waals surface area contributed by atoms with Gasteiger partial charge in [0, 0.05) is 37.3 Å². The number of rotatable bonds is 6. The number of aliphatic hydroxyl groups is 1. The fourth-order valence-electron chi connectivity index (χ4n) is 3.42. The molecular formula is C25H27FN4O. The summed E-state index contributed by atoms with van der Waals surface area (Å²) in [4.78, 5) is 15.4. The molecule has 1 fully saturated rings. The average molecular weight is 419 g/mol. The molecule has 1 saturated heterocycles. The van der Waals surface area contributed by atoms with Gasteiger partial charge in [0.25, 0.3) is 0 Å². The summed E-state index contributed by atoms with van der Waals surface area (Å²) in [5.41, 5.74) is 1.98. The van der Waals surface area contributed by atoms with E-state index in [1.165, 1.54) is 12.1 Å². The van der Waals surface area contributed by atoms with Gasteiger partial charge in [-0.05, 0) is 67.7 Å². The Morgan fingerprint density at radius 1 is 1.16 bits per heavy atom. The molecule has 1 aliphatic rings. The van der Waals surface area contributed by atoms with Gasteiger partial charge in [-0.25, -0.2) is 14.4 Å².